The van der Waals surface area contributed by atoms with Gasteiger partial charge in [0.15, 0.2) is 0 Å². The third kappa shape index (κ3) is 7.04. The van der Waals surface area contributed by atoms with Crippen LogP contribution in [-0.2, 0) is 0 Å². The summed E-state index contributed by atoms with van der Waals surface area (Å²) >= 11 is 6.44. The van der Waals surface area contributed by atoms with E-state index in [2.05, 4.69) is 40.5 Å². The van der Waals surface area contributed by atoms with Crippen molar-refractivity contribution in [3.8, 4) is 0 Å². The molecule has 0 aliphatic carbocycles. The Morgan fingerprint density at radius 3 is 2.62 bits per heavy atom. The third-order valence-electron chi connectivity index (χ3n) is 0.776. The van der Waals surface area contributed by atoms with E-state index in [0.29, 0.717) is 0 Å². The Kier molecular flexibility index (Phi) is 9.09. The van der Waals surface area contributed by atoms with E-state index in [-0.39, 0.29) is 0 Å². The summed E-state index contributed by atoms with van der Waals surface area (Å²) < 4.78 is 1.25. The molecular formula is C5H12INS. The zero-order valence-electron chi connectivity index (χ0n) is 4.86. The number of hydrogen-bond acceptors (Lipinski definition) is 2. The minimum absolute atomic E-state index is 0.946. The van der Waals surface area contributed by atoms with Crippen LogP contribution in [0, 0.1) is 0 Å². The molecular weight excluding hydrogens is 233 g/mol. The summed E-state index contributed by atoms with van der Waals surface area (Å²) in [5, 5.41) is 3.25. The summed E-state index contributed by atoms with van der Waals surface area (Å²) in [6.07, 6.45) is 1.27. The second kappa shape index (κ2) is 8.04. The van der Waals surface area contributed by atoms with Gasteiger partial charge in [-0.05, 0) is 13.0 Å². The van der Waals surface area contributed by atoms with E-state index < -0.39 is 0 Å². The molecule has 0 fully saturated rings. The number of thiol groups is 1. The van der Waals surface area contributed by atoms with Crippen LogP contribution in [0.1, 0.15) is 6.42 Å². The van der Waals surface area contributed by atoms with Gasteiger partial charge in [-0.25, -0.2) is 0 Å². The van der Waals surface area contributed by atoms with Crippen LogP contribution in [0.3, 0.4) is 0 Å². The Hall–Kier alpha value is 1.04. The lowest BCUT2D eigenvalue weighted by Crippen LogP contribution is -2.17. The van der Waals surface area contributed by atoms with Crippen LogP contribution in [0.15, 0.2) is 0 Å². The fraction of sp³-hybridized carbons (Fsp3) is 1.00. The average molecular weight is 245 g/mol. The Morgan fingerprint density at radius 1 is 1.38 bits per heavy atom. The van der Waals surface area contributed by atoms with Gasteiger partial charge in [0.05, 0.1) is 0 Å². The Labute approximate surface area is 70.2 Å². The molecule has 0 saturated carbocycles. The molecule has 0 aliphatic rings. The Balaban J connectivity index is 2.53. The lowest BCUT2D eigenvalue weighted by molar-refractivity contribution is 0.716. The van der Waals surface area contributed by atoms with E-state index in [1.807, 2.05) is 0 Å². The number of halogens is 1. The summed E-state index contributed by atoms with van der Waals surface area (Å²) in [5.74, 6) is 0.946. The van der Waals surface area contributed by atoms with Crippen LogP contribution >= 0.6 is 35.2 Å². The van der Waals surface area contributed by atoms with E-state index in [9.17, 15) is 0 Å². The van der Waals surface area contributed by atoms with Gasteiger partial charge in [-0.2, -0.15) is 12.6 Å². The monoisotopic (exact) mass is 245 g/mol. The molecule has 0 radical (unpaired) electrons. The lowest BCUT2D eigenvalue weighted by Gasteiger charge is -1.97. The second-order valence-electron chi connectivity index (χ2n) is 1.52. The smallest absolute Gasteiger partial charge is 0.00397 e. The van der Waals surface area contributed by atoms with Gasteiger partial charge in [0.25, 0.3) is 0 Å². The molecule has 0 atom stereocenters. The molecule has 1 N–H and O–H groups in total. The summed E-state index contributed by atoms with van der Waals surface area (Å²) in [7, 11) is 0. The molecule has 0 saturated heterocycles. The maximum Gasteiger partial charge on any atom is 0.00397 e. The first-order valence-electron chi connectivity index (χ1n) is 2.79. The highest BCUT2D eigenvalue weighted by molar-refractivity contribution is 14.1. The fourth-order valence-electron chi connectivity index (χ4n) is 0.396. The standard InChI is InChI=1S/C5H12INS/c6-2-1-3-7-4-5-8/h7-8H,1-5H2. The highest BCUT2D eigenvalue weighted by atomic mass is 127. The topological polar surface area (TPSA) is 12.0 Å². The molecule has 50 valence electrons. The number of nitrogens with one attached hydrogen (secondary N) is 1. The Bertz CT molecular complexity index is 37.4. The zero-order valence-corrected chi connectivity index (χ0v) is 7.91. The second-order valence-corrected chi connectivity index (χ2v) is 3.04. The van der Waals surface area contributed by atoms with E-state index in [4.69, 9.17) is 0 Å². The van der Waals surface area contributed by atoms with E-state index in [1.165, 1.54) is 10.8 Å². The van der Waals surface area contributed by atoms with Crippen LogP contribution in [0.4, 0.5) is 0 Å². The van der Waals surface area contributed by atoms with Crippen LogP contribution in [0.5, 0.6) is 0 Å². The van der Waals surface area contributed by atoms with Crippen molar-refractivity contribution < 1.29 is 0 Å². The molecule has 0 aliphatic heterocycles. The zero-order chi connectivity index (χ0) is 6.24. The molecule has 0 aromatic heterocycles. The number of alkyl halides is 1. The predicted octanol–water partition coefficient (Wildman–Crippen LogP) is 1.33. The van der Waals surface area contributed by atoms with E-state index >= 15 is 0 Å². The highest BCUT2D eigenvalue weighted by Gasteiger charge is 1.81. The van der Waals surface area contributed by atoms with Gasteiger partial charge < -0.3 is 5.32 Å². The Morgan fingerprint density at radius 2 is 2.12 bits per heavy atom. The van der Waals surface area contributed by atoms with Crippen molar-refractivity contribution in [1.29, 1.82) is 0 Å². The summed E-state index contributed by atoms with van der Waals surface area (Å²) in [5.41, 5.74) is 0. The van der Waals surface area contributed by atoms with Crippen molar-refractivity contribution >= 4 is 35.2 Å². The molecule has 8 heavy (non-hydrogen) atoms. The normalized spacial score (nSPS) is 9.75. The van der Waals surface area contributed by atoms with Gasteiger partial charge in [0.2, 0.25) is 0 Å². The first-order chi connectivity index (χ1) is 3.91. The van der Waals surface area contributed by atoms with Crippen LogP contribution < -0.4 is 5.32 Å². The minimum Gasteiger partial charge on any atom is -0.316 e. The van der Waals surface area contributed by atoms with Crippen molar-refractivity contribution in [1.82, 2.24) is 5.32 Å². The maximum atomic E-state index is 4.06. The van der Waals surface area contributed by atoms with Crippen LogP contribution in [0.2, 0.25) is 0 Å². The van der Waals surface area contributed by atoms with Gasteiger partial charge in [-0.15, -0.1) is 0 Å². The SMILES string of the molecule is SCCNCCCI. The molecule has 0 heterocycles. The van der Waals surface area contributed by atoms with Crippen molar-refractivity contribution in [2.75, 3.05) is 23.3 Å². The van der Waals surface area contributed by atoms with Gasteiger partial charge in [-0.1, -0.05) is 22.6 Å². The number of hydrogen-bond donors (Lipinski definition) is 2. The molecule has 1 nitrogen and oxygen atoms in total. The molecule has 3 heteroatoms. The molecule has 0 aromatic carbocycles. The van der Waals surface area contributed by atoms with E-state index in [0.717, 1.165) is 18.8 Å². The average Bonchev–Trinajstić information content (AvgIpc) is 1.81. The fourth-order valence-corrected chi connectivity index (χ4v) is 0.935. The highest BCUT2D eigenvalue weighted by Crippen LogP contribution is 1.84. The predicted molar refractivity (Wildman–Crippen MR) is 50.2 cm³/mol. The largest absolute Gasteiger partial charge is 0.316 e. The van der Waals surface area contributed by atoms with Crippen LogP contribution in [0.25, 0.3) is 0 Å². The van der Waals surface area contributed by atoms with Crippen LogP contribution in [-0.4, -0.2) is 23.3 Å². The van der Waals surface area contributed by atoms with Crippen molar-refractivity contribution in [2.45, 2.75) is 6.42 Å². The summed E-state index contributed by atoms with van der Waals surface area (Å²) in [4.78, 5) is 0. The van der Waals surface area contributed by atoms with Crippen molar-refractivity contribution in [2.24, 2.45) is 0 Å². The minimum atomic E-state index is 0.946. The first-order valence-corrected chi connectivity index (χ1v) is 4.95. The van der Waals surface area contributed by atoms with Gasteiger partial charge in [0, 0.05) is 16.7 Å². The maximum absolute atomic E-state index is 4.06. The van der Waals surface area contributed by atoms with Crippen molar-refractivity contribution in [3.05, 3.63) is 0 Å². The first kappa shape index (κ1) is 9.04. The molecule has 0 unspecified atom stereocenters. The molecule has 0 spiro atoms. The number of rotatable bonds is 5. The molecule has 0 amide bonds. The molecule has 0 aromatic rings. The lowest BCUT2D eigenvalue weighted by atomic mass is 10.5. The van der Waals surface area contributed by atoms with Gasteiger partial charge in [0.1, 0.15) is 0 Å². The van der Waals surface area contributed by atoms with Gasteiger partial charge in [-0.3, -0.25) is 0 Å². The van der Waals surface area contributed by atoms with Crippen molar-refractivity contribution in [3.63, 3.8) is 0 Å². The molecule has 0 rings (SSSR count). The quantitative estimate of drug-likeness (QED) is 0.322. The third-order valence-corrected chi connectivity index (χ3v) is 1.76. The summed E-state index contributed by atoms with van der Waals surface area (Å²) in [6.45, 7) is 2.18. The summed E-state index contributed by atoms with van der Waals surface area (Å²) in [6, 6.07) is 0. The van der Waals surface area contributed by atoms with Gasteiger partial charge >= 0.3 is 0 Å². The molecule has 0 bridgehead atoms. The van der Waals surface area contributed by atoms with E-state index in [1.54, 1.807) is 0 Å².